The normalized spacial score (nSPS) is 23.7. The fourth-order valence-corrected chi connectivity index (χ4v) is 7.11. The monoisotopic (exact) mass is 596 g/mol. The minimum atomic E-state index is -0.643. The molecule has 0 aromatic carbocycles. The molecule has 1 saturated heterocycles. The topological polar surface area (TPSA) is 154 Å². The van der Waals surface area contributed by atoms with Gasteiger partial charge in [0.2, 0.25) is 23.6 Å². The van der Waals surface area contributed by atoms with Crippen LogP contribution in [0.25, 0.3) is 11.0 Å². The Morgan fingerprint density at radius 3 is 2.52 bits per heavy atom. The van der Waals surface area contributed by atoms with E-state index in [1.54, 1.807) is 6.07 Å². The predicted molar refractivity (Wildman–Crippen MR) is 166 cm³/mol. The fraction of sp³-hybridized carbons (Fsp3) is 0.424. The van der Waals surface area contributed by atoms with Crippen molar-refractivity contribution in [2.75, 3.05) is 15.5 Å². The van der Waals surface area contributed by atoms with Crippen molar-refractivity contribution in [3.63, 3.8) is 0 Å². The van der Waals surface area contributed by atoms with Crippen molar-refractivity contribution in [1.29, 1.82) is 0 Å². The van der Waals surface area contributed by atoms with E-state index >= 15 is 0 Å². The summed E-state index contributed by atoms with van der Waals surface area (Å²) in [6, 6.07) is 8.53. The van der Waals surface area contributed by atoms with Gasteiger partial charge in [-0.1, -0.05) is 31.9 Å². The third kappa shape index (κ3) is 5.42. The van der Waals surface area contributed by atoms with Crippen molar-refractivity contribution in [3.8, 4) is 0 Å². The molecule has 5 atom stereocenters. The van der Waals surface area contributed by atoms with Crippen LogP contribution in [0.5, 0.6) is 0 Å². The second-order valence-electron chi connectivity index (χ2n) is 12.2. The first kappa shape index (κ1) is 29.4. The Morgan fingerprint density at radius 2 is 1.75 bits per heavy atom. The Morgan fingerprint density at radius 1 is 0.955 bits per heavy atom. The molecule has 0 spiro atoms. The van der Waals surface area contributed by atoms with Crippen LogP contribution in [0.1, 0.15) is 56.7 Å². The smallest absolute Gasteiger partial charge is 0.273 e. The molecule has 1 saturated carbocycles. The molecule has 0 radical (unpaired) electrons. The number of aromatic amines is 1. The molecule has 4 amide bonds. The maximum atomic E-state index is 13.7. The summed E-state index contributed by atoms with van der Waals surface area (Å²) in [5.74, 6) is -2.52. The van der Waals surface area contributed by atoms with Gasteiger partial charge < -0.3 is 15.6 Å². The summed E-state index contributed by atoms with van der Waals surface area (Å²) < 4.78 is 0. The number of imide groups is 1. The van der Waals surface area contributed by atoms with Gasteiger partial charge in [0.15, 0.2) is 5.65 Å². The fourth-order valence-electron chi connectivity index (χ4n) is 7.11. The highest BCUT2D eigenvalue weighted by Gasteiger charge is 2.59. The number of fused-ring (bicyclic) bond motifs is 2. The molecule has 3 aliphatic carbocycles. The van der Waals surface area contributed by atoms with Crippen molar-refractivity contribution in [2.24, 2.45) is 29.6 Å². The SMILES string of the molecule is CCCCCC(=O)Nc1ccc(N2C(=O)[C@H]3[C@H]4C=C[C@H](C[C@H]4CC(=O)Nc4ccc5c(C)cc(C)nc5n4)[C@H]3C2=O)c(=O)[nH]1. The van der Waals surface area contributed by atoms with Crippen LogP contribution in [0.2, 0.25) is 0 Å². The number of allylic oxidation sites excluding steroid dienone is 2. The first-order valence-corrected chi connectivity index (χ1v) is 15.3. The molecule has 4 aliphatic rings. The Labute approximate surface area is 254 Å². The molecule has 0 unspecified atom stereocenters. The molecular weight excluding hydrogens is 560 g/mol. The number of carbonyl (C=O) groups is 4. The average Bonchev–Trinajstić information content (AvgIpc) is 3.24. The van der Waals surface area contributed by atoms with E-state index in [0.29, 0.717) is 24.3 Å². The van der Waals surface area contributed by atoms with E-state index in [4.69, 9.17) is 0 Å². The standard InChI is InChI=1S/C33H36N6O5/c1-4-5-6-7-26(40)35-25-13-11-23(31(42)38-25)39-32(43)28-19-8-9-22(29(28)33(39)44)20(15-19)16-27(41)36-24-12-10-21-17(2)14-18(3)34-30(21)37-24/h8-14,19-20,22,28-29H,4-7,15-16H2,1-3H3,(H,34,36,37,41)(H2,35,38,40,42)/t19-,20+,22+,28-,29+/m1/s1. The number of pyridine rings is 3. The van der Waals surface area contributed by atoms with Crippen LogP contribution in [0.3, 0.4) is 0 Å². The number of H-pyrrole nitrogens is 1. The Kier molecular flexibility index (Phi) is 7.87. The van der Waals surface area contributed by atoms with Crippen molar-refractivity contribution in [2.45, 2.75) is 59.3 Å². The minimum absolute atomic E-state index is 0.0615. The number of carbonyl (C=O) groups excluding carboxylic acids is 4. The lowest BCUT2D eigenvalue weighted by Crippen LogP contribution is -2.44. The molecule has 228 valence electrons. The van der Waals surface area contributed by atoms with Gasteiger partial charge in [0, 0.05) is 23.9 Å². The summed E-state index contributed by atoms with van der Waals surface area (Å²) in [6.45, 7) is 5.94. The molecule has 3 aromatic heterocycles. The van der Waals surface area contributed by atoms with Crippen molar-refractivity contribution >= 4 is 52.0 Å². The van der Waals surface area contributed by atoms with Crippen LogP contribution in [-0.4, -0.2) is 38.6 Å². The maximum Gasteiger partial charge on any atom is 0.273 e. The zero-order chi connectivity index (χ0) is 31.1. The first-order valence-electron chi connectivity index (χ1n) is 15.3. The van der Waals surface area contributed by atoms with Gasteiger partial charge in [-0.3, -0.25) is 24.0 Å². The Hall–Kier alpha value is -4.67. The quantitative estimate of drug-likeness (QED) is 0.188. The zero-order valence-corrected chi connectivity index (χ0v) is 25.1. The van der Waals surface area contributed by atoms with Gasteiger partial charge in [0.1, 0.15) is 17.3 Å². The molecule has 2 bridgehead atoms. The van der Waals surface area contributed by atoms with Gasteiger partial charge in [0.05, 0.1) is 11.8 Å². The number of rotatable bonds is 9. The number of hydrogen-bond donors (Lipinski definition) is 3. The first-order chi connectivity index (χ1) is 21.1. The van der Waals surface area contributed by atoms with E-state index in [1.165, 1.54) is 12.1 Å². The van der Waals surface area contributed by atoms with E-state index in [1.807, 2.05) is 45.1 Å². The molecule has 7 rings (SSSR count). The molecule has 11 heteroatoms. The Bertz CT molecular complexity index is 1760. The highest BCUT2D eigenvalue weighted by atomic mass is 16.2. The highest BCUT2D eigenvalue weighted by molar-refractivity contribution is 6.22. The van der Waals surface area contributed by atoms with E-state index in [2.05, 4.69) is 25.6 Å². The highest BCUT2D eigenvalue weighted by Crippen LogP contribution is 2.53. The summed E-state index contributed by atoms with van der Waals surface area (Å²) in [7, 11) is 0. The molecule has 44 heavy (non-hydrogen) atoms. The number of anilines is 3. The van der Waals surface area contributed by atoms with Crippen LogP contribution in [-0.2, 0) is 19.2 Å². The maximum absolute atomic E-state index is 13.7. The summed E-state index contributed by atoms with van der Waals surface area (Å²) in [4.78, 5) is 78.3. The third-order valence-corrected chi connectivity index (χ3v) is 9.11. The van der Waals surface area contributed by atoms with Crippen LogP contribution < -0.4 is 21.1 Å². The largest absolute Gasteiger partial charge is 0.312 e. The molecule has 2 fully saturated rings. The van der Waals surface area contributed by atoms with E-state index in [9.17, 15) is 24.0 Å². The summed E-state index contributed by atoms with van der Waals surface area (Å²) in [5, 5.41) is 6.47. The van der Waals surface area contributed by atoms with Gasteiger partial charge in [-0.2, -0.15) is 0 Å². The Balaban J connectivity index is 1.15. The molecule has 11 nitrogen and oxygen atoms in total. The van der Waals surface area contributed by atoms with Gasteiger partial charge in [-0.05, 0) is 80.3 Å². The number of unbranched alkanes of at least 4 members (excludes halogenated alkanes) is 2. The molecule has 1 aliphatic heterocycles. The van der Waals surface area contributed by atoms with Crippen molar-refractivity contribution in [3.05, 3.63) is 64.1 Å². The summed E-state index contributed by atoms with van der Waals surface area (Å²) >= 11 is 0. The molecule has 3 aromatic rings. The number of aromatic nitrogens is 3. The predicted octanol–water partition coefficient (Wildman–Crippen LogP) is 4.41. The van der Waals surface area contributed by atoms with Crippen LogP contribution in [0.4, 0.5) is 17.3 Å². The molecular formula is C33H36N6O5. The summed E-state index contributed by atoms with van der Waals surface area (Å²) in [5.41, 5.74) is 1.78. The van der Waals surface area contributed by atoms with Crippen molar-refractivity contribution in [1.82, 2.24) is 15.0 Å². The number of aryl methyl sites for hydroxylation is 2. The van der Waals surface area contributed by atoms with E-state index in [0.717, 1.165) is 40.8 Å². The molecule has 3 N–H and O–H groups in total. The van der Waals surface area contributed by atoms with Gasteiger partial charge in [0.25, 0.3) is 5.56 Å². The lowest BCUT2D eigenvalue weighted by molar-refractivity contribution is -0.127. The molecule has 4 heterocycles. The lowest BCUT2D eigenvalue weighted by atomic mass is 9.58. The number of nitrogens with one attached hydrogen (secondary N) is 3. The van der Waals surface area contributed by atoms with E-state index < -0.39 is 29.2 Å². The third-order valence-electron chi connectivity index (χ3n) is 9.11. The number of nitrogens with zero attached hydrogens (tertiary/aromatic N) is 3. The van der Waals surface area contributed by atoms with E-state index in [-0.39, 0.29) is 47.5 Å². The van der Waals surface area contributed by atoms with Crippen molar-refractivity contribution < 1.29 is 19.2 Å². The van der Waals surface area contributed by atoms with Crippen LogP contribution >= 0.6 is 0 Å². The van der Waals surface area contributed by atoms with Crippen LogP contribution in [0.15, 0.2) is 47.3 Å². The van der Waals surface area contributed by atoms with Gasteiger partial charge in [-0.25, -0.2) is 14.9 Å². The van der Waals surface area contributed by atoms with Crippen LogP contribution in [0, 0.1) is 43.4 Å². The number of amides is 4. The number of hydrogen-bond acceptors (Lipinski definition) is 7. The zero-order valence-electron chi connectivity index (χ0n) is 25.1. The van der Waals surface area contributed by atoms with Gasteiger partial charge in [-0.15, -0.1) is 0 Å². The second-order valence-corrected chi connectivity index (χ2v) is 12.2. The second kappa shape index (κ2) is 11.8. The summed E-state index contributed by atoms with van der Waals surface area (Å²) in [6.07, 6.45) is 7.70. The minimum Gasteiger partial charge on any atom is -0.312 e. The van der Waals surface area contributed by atoms with Gasteiger partial charge >= 0.3 is 0 Å². The average molecular weight is 597 g/mol. The lowest BCUT2D eigenvalue weighted by Gasteiger charge is -2.43.